The van der Waals surface area contributed by atoms with Gasteiger partial charge in [-0.15, -0.1) is 11.3 Å². The minimum atomic E-state index is -0.853. The number of benzene rings is 1. The van der Waals surface area contributed by atoms with E-state index in [0.717, 1.165) is 0 Å². The zero-order valence-electron chi connectivity index (χ0n) is 19.3. The highest BCUT2D eigenvalue weighted by atomic mass is 35.5. The second-order valence-electron chi connectivity index (χ2n) is 8.92. The first-order valence-electron chi connectivity index (χ1n) is 11.4. The summed E-state index contributed by atoms with van der Waals surface area (Å²) in [5, 5.41) is 15.4. The third kappa shape index (κ3) is 4.75. The molecule has 1 aromatic heterocycles. The highest BCUT2D eigenvalue weighted by Crippen LogP contribution is 2.38. The molecule has 5 rings (SSSR count). The van der Waals surface area contributed by atoms with Crippen molar-refractivity contribution >= 4 is 40.7 Å². The molecule has 4 heterocycles. The number of carboxylic acids is 1. The van der Waals surface area contributed by atoms with E-state index in [2.05, 4.69) is 15.2 Å². The number of esters is 1. The molecule has 0 amide bonds. The first-order valence-corrected chi connectivity index (χ1v) is 12.7. The molecule has 12 heteroatoms. The van der Waals surface area contributed by atoms with Crippen LogP contribution in [0.5, 0.6) is 0 Å². The summed E-state index contributed by atoms with van der Waals surface area (Å²) in [7, 11) is 1.29. The molecule has 1 aromatic carbocycles. The Bertz CT molecular complexity index is 1220. The number of ether oxygens (including phenoxy) is 2. The molecular formula is C24H24ClFN4O5S. The maximum absolute atomic E-state index is 13.8. The number of fused-ring (bicyclic) bond motifs is 2. The van der Waals surface area contributed by atoms with Crippen molar-refractivity contribution in [3.63, 3.8) is 0 Å². The monoisotopic (exact) mass is 534 g/mol. The topological polar surface area (TPSA) is 113 Å². The summed E-state index contributed by atoms with van der Waals surface area (Å²) in [6.45, 7) is 1.12. The number of aliphatic imine (C=N–C) groups is 1. The van der Waals surface area contributed by atoms with E-state index < -0.39 is 29.7 Å². The molecule has 2 saturated heterocycles. The number of aliphatic carboxylic acids is 1. The first kappa shape index (κ1) is 24.8. The van der Waals surface area contributed by atoms with Gasteiger partial charge in [0.05, 0.1) is 31.8 Å². The smallest absolute Gasteiger partial charge is 0.338 e. The fourth-order valence-electron chi connectivity index (χ4n) is 5.10. The van der Waals surface area contributed by atoms with Gasteiger partial charge in [0.25, 0.3) is 0 Å². The Morgan fingerprint density at radius 1 is 1.33 bits per heavy atom. The molecule has 190 valence electrons. The van der Waals surface area contributed by atoms with Crippen LogP contribution in [0, 0.1) is 11.7 Å². The Hall–Kier alpha value is -2.86. The number of carbonyl (C=O) groups is 2. The number of carbonyl (C=O) groups excluding carboxylic acids is 1. The molecule has 3 unspecified atom stereocenters. The third-order valence-corrected chi connectivity index (χ3v) is 7.89. The van der Waals surface area contributed by atoms with Crippen LogP contribution in [0.1, 0.15) is 29.5 Å². The predicted molar refractivity (Wildman–Crippen MR) is 130 cm³/mol. The summed E-state index contributed by atoms with van der Waals surface area (Å²) in [5.41, 5.74) is 1.27. The number of nitrogens with zero attached hydrogens (tertiary/aromatic N) is 3. The van der Waals surface area contributed by atoms with Crippen molar-refractivity contribution in [3.05, 3.63) is 62.5 Å². The van der Waals surface area contributed by atoms with Gasteiger partial charge in [-0.2, -0.15) is 0 Å². The van der Waals surface area contributed by atoms with Crippen molar-refractivity contribution in [1.29, 1.82) is 0 Å². The van der Waals surface area contributed by atoms with Crippen LogP contribution in [0.3, 0.4) is 0 Å². The molecule has 3 atom stereocenters. The fraction of sp³-hybridized carbons (Fsp3) is 0.417. The predicted octanol–water partition coefficient (Wildman–Crippen LogP) is 3.02. The van der Waals surface area contributed by atoms with Gasteiger partial charge in [-0.25, -0.2) is 14.2 Å². The van der Waals surface area contributed by atoms with Gasteiger partial charge in [0.15, 0.2) is 10.8 Å². The number of hydrogen-bond acceptors (Lipinski definition) is 9. The van der Waals surface area contributed by atoms with Gasteiger partial charge in [-0.3, -0.25) is 14.7 Å². The quantitative estimate of drug-likeness (QED) is 0.544. The Kier molecular flexibility index (Phi) is 7.07. The van der Waals surface area contributed by atoms with Crippen LogP contribution in [0.4, 0.5) is 4.39 Å². The van der Waals surface area contributed by atoms with E-state index in [9.17, 15) is 19.1 Å². The van der Waals surface area contributed by atoms with Gasteiger partial charge >= 0.3 is 11.9 Å². The molecule has 2 aromatic rings. The van der Waals surface area contributed by atoms with E-state index in [-0.39, 0.29) is 22.7 Å². The summed E-state index contributed by atoms with van der Waals surface area (Å²) in [5.74, 6) is -1.88. The maximum atomic E-state index is 13.8. The number of amidine groups is 1. The minimum Gasteiger partial charge on any atom is -0.481 e. The van der Waals surface area contributed by atoms with E-state index in [1.165, 1.54) is 36.6 Å². The zero-order valence-corrected chi connectivity index (χ0v) is 20.9. The number of nitrogens with one attached hydrogen (secondary N) is 1. The van der Waals surface area contributed by atoms with E-state index in [1.54, 1.807) is 6.20 Å². The molecule has 3 aliphatic heterocycles. The third-order valence-electron chi connectivity index (χ3n) is 6.78. The van der Waals surface area contributed by atoms with Crippen molar-refractivity contribution in [1.82, 2.24) is 15.2 Å². The van der Waals surface area contributed by atoms with E-state index in [0.29, 0.717) is 54.7 Å². The zero-order chi connectivity index (χ0) is 25.4. The summed E-state index contributed by atoms with van der Waals surface area (Å²) < 4.78 is 24.7. The van der Waals surface area contributed by atoms with Crippen LogP contribution in [-0.4, -0.2) is 71.7 Å². The molecular weight excluding hydrogens is 511 g/mol. The van der Waals surface area contributed by atoms with Crippen LogP contribution in [0.15, 0.2) is 46.0 Å². The lowest BCUT2D eigenvalue weighted by Gasteiger charge is -2.48. The van der Waals surface area contributed by atoms with Gasteiger partial charge in [-0.1, -0.05) is 17.7 Å². The van der Waals surface area contributed by atoms with Crippen molar-refractivity contribution in [2.75, 3.05) is 26.9 Å². The number of aromatic nitrogens is 1. The van der Waals surface area contributed by atoms with E-state index >= 15 is 0 Å². The average molecular weight is 535 g/mol. The highest BCUT2D eigenvalue weighted by Gasteiger charge is 2.43. The van der Waals surface area contributed by atoms with Crippen LogP contribution < -0.4 is 5.32 Å². The highest BCUT2D eigenvalue weighted by molar-refractivity contribution is 7.11. The molecule has 9 nitrogen and oxygen atoms in total. The Morgan fingerprint density at radius 2 is 2.08 bits per heavy atom. The number of piperidine rings is 1. The molecule has 2 bridgehead atoms. The molecule has 36 heavy (non-hydrogen) atoms. The number of methoxy groups -OCH3 is 1. The van der Waals surface area contributed by atoms with Crippen LogP contribution in [0.2, 0.25) is 5.02 Å². The summed E-state index contributed by atoms with van der Waals surface area (Å²) >= 11 is 7.79. The van der Waals surface area contributed by atoms with E-state index in [4.69, 9.17) is 26.1 Å². The van der Waals surface area contributed by atoms with Crippen LogP contribution in [-0.2, 0) is 19.1 Å². The number of morpholine rings is 1. The minimum absolute atomic E-state index is 0.123. The molecule has 3 aliphatic rings. The SMILES string of the molecule is COC(=O)C1=C(CN2C3COCC2CC(C(=O)O)C3)NC(c2nccs2)=NC1c1ccc(F)cc1Cl. The summed E-state index contributed by atoms with van der Waals surface area (Å²) in [4.78, 5) is 36.1. The lowest BCUT2D eigenvalue weighted by Crippen LogP contribution is -2.59. The van der Waals surface area contributed by atoms with Gasteiger partial charge in [0.1, 0.15) is 11.9 Å². The molecule has 0 saturated carbocycles. The van der Waals surface area contributed by atoms with Gasteiger partial charge in [0.2, 0.25) is 0 Å². The standard InChI is InChI=1S/C24H24ClFN4O5S/c1-34-24(33)19-18(9-30-14-6-12(23(31)32)7-15(30)11-35-10-14)28-21(22-27-4-5-36-22)29-20(19)16-3-2-13(26)8-17(16)25/h2-5,8,12,14-15,20H,6-7,9-11H2,1H3,(H,28,29)(H,31,32). The van der Waals surface area contributed by atoms with Crippen LogP contribution in [0.25, 0.3) is 0 Å². The largest absolute Gasteiger partial charge is 0.481 e. The molecule has 2 N–H and O–H groups in total. The Balaban J connectivity index is 1.58. The van der Waals surface area contributed by atoms with Crippen molar-refractivity contribution < 1.29 is 28.6 Å². The lowest BCUT2D eigenvalue weighted by molar-refractivity contribution is -0.150. The van der Waals surface area contributed by atoms with Crippen molar-refractivity contribution in [2.24, 2.45) is 10.9 Å². The first-order chi connectivity index (χ1) is 17.4. The maximum Gasteiger partial charge on any atom is 0.338 e. The molecule has 0 aliphatic carbocycles. The number of halogens is 2. The fourth-order valence-corrected chi connectivity index (χ4v) is 5.96. The van der Waals surface area contributed by atoms with Gasteiger partial charge < -0.3 is 19.9 Å². The molecule has 0 spiro atoms. The van der Waals surface area contributed by atoms with Gasteiger partial charge in [0, 0.05) is 46.5 Å². The Labute approximate surface area is 215 Å². The average Bonchev–Trinajstić information content (AvgIpc) is 3.38. The summed E-state index contributed by atoms with van der Waals surface area (Å²) in [6.07, 6.45) is 2.56. The number of thiazole rings is 1. The molecule has 0 radical (unpaired) electrons. The number of rotatable bonds is 6. The Morgan fingerprint density at radius 3 is 2.69 bits per heavy atom. The normalized spacial score (nSPS) is 26.2. The van der Waals surface area contributed by atoms with Crippen molar-refractivity contribution in [3.8, 4) is 0 Å². The number of hydrogen-bond donors (Lipinski definition) is 2. The second-order valence-corrected chi connectivity index (χ2v) is 10.2. The lowest BCUT2D eigenvalue weighted by atomic mass is 9.84. The number of carboxylic acid groups (broad SMARTS) is 1. The van der Waals surface area contributed by atoms with Crippen molar-refractivity contribution in [2.45, 2.75) is 31.0 Å². The van der Waals surface area contributed by atoms with Gasteiger partial charge in [-0.05, 0) is 25.0 Å². The molecule has 2 fully saturated rings. The summed E-state index contributed by atoms with van der Waals surface area (Å²) in [6, 6.07) is 2.87. The second kappa shape index (κ2) is 10.3. The van der Waals surface area contributed by atoms with E-state index in [1.807, 2.05) is 5.38 Å². The van der Waals surface area contributed by atoms with Crippen LogP contribution >= 0.6 is 22.9 Å².